The Bertz CT molecular complexity index is 977. The number of likely N-dealkylation sites (tertiary alicyclic amines) is 1. The molecule has 1 aliphatic heterocycles. The smallest absolute Gasteiger partial charge is 0.322 e. The Labute approximate surface area is 171 Å². The second-order valence-electron chi connectivity index (χ2n) is 7.93. The minimum atomic E-state index is -0.143. The first kappa shape index (κ1) is 19.2. The highest BCUT2D eigenvalue weighted by Gasteiger charge is 2.35. The van der Waals surface area contributed by atoms with E-state index in [4.69, 9.17) is 9.40 Å². The number of carbonyl (C=O) groups excluding carboxylic acids is 1. The van der Waals surface area contributed by atoms with Crippen LogP contribution in [0.1, 0.15) is 55.9 Å². The summed E-state index contributed by atoms with van der Waals surface area (Å²) in [5, 5.41) is 3.00. The van der Waals surface area contributed by atoms with Crippen molar-refractivity contribution >= 4 is 11.7 Å². The second kappa shape index (κ2) is 8.11. The lowest BCUT2D eigenvalue weighted by Crippen LogP contribution is -2.34. The summed E-state index contributed by atoms with van der Waals surface area (Å²) in [4.78, 5) is 19.6. The summed E-state index contributed by atoms with van der Waals surface area (Å²) in [5.74, 6) is 1.71. The fourth-order valence-corrected chi connectivity index (χ4v) is 3.78. The molecule has 1 saturated heterocycles. The molecule has 0 bridgehead atoms. The summed E-state index contributed by atoms with van der Waals surface area (Å²) in [5.41, 5.74) is 3.88. The lowest BCUT2D eigenvalue weighted by atomic mass is 10.0. The molecule has 2 amide bonds. The molecule has 1 aliphatic rings. The van der Waals surface area contributed by atoms with Gasteiger partial charge < -0.3 is 14.6 Å². The Morgan fingerprint density at radius 3 is 2.55 bits per heavy atom. The van der Waals surface area contributed by atoms with E-state index in [0.717, 1.165) is 41.1 Å². The van der Waals surface area contributed by atoms with E-state index < -0.39 is 0 Å². The van der Waals surface area contributed by atoms with Gasteiger partial charge in [-0.05, 0) is 31.9 Å². The normalized spacial score (nSPS) is 16.4. The van der Waals surface area contributed by atoms with Gasteiger partial charge in [-0.2, -0.15) is 0 Å². The number of amides is 2. The quantitative estimate of drug-likeness (QED) is 0.583. The number of aryl methyl sites for hydroxylation is 1. The lowest BCUT2D eigenvalue weighted by molar-refractivity contribution is 0.197. The minimum absolute atomic E-state index is 0.109. The Kier molecular flexibility index (Phi) is 5.38. The summed E-state index contributed by atoms with van der Waals surface area (Å²) < 4.78 is 6.23. The van der Waals surface area contributed by atoms with E-state index in [9.17, 15) is 4.79 Å². The van der Waals surface area contributed by atoms with Crippen LogP contribution in [0.3, 0.4) is 0 Å². The number of anilines is 1. The molecule has 1 atom stereocenters. The molecule has 0 spiro atoms. The molecule has 1 N–H and O–H groups in total. The van der Waals surface area contributed by atoms with Gasteiger partial charge in [0.25, 0.3) is 0 Å². The van der Waals surface area contributed by atoms with Crippen molar-refractivity contribution in [2.75, 3.05) is 11.9 Å². The number of nitrogens with one attached hydrogen (secondary N) is 1. The Morgan fingerprint density at radius 1 is 1.14 bits per heavy atom. The monoisotopic (exact) mass is 389 g/mol. The molecule has 0 unspecified atom stereocenters. The number of hydrogen-bond donors (Lipinski definition) is 1. The molecular weight excluding hydrogens is 362 g/mol. The predicted octanol–water partition coefficient (Wildman–Crippen LogP) is 6.14. The molecule has 1 aromatic heterocycles. The van der Waals surface area contributed by atoms with Gasteiger partial charge in [0.2, 0.25) is 5.89 Å². The van der Waals surface area contributed by atoms with Crippen molar-refractivity contribution in [3.05, 3.63) is 71.8 Å². The lowest BCUT2D eigenvalue weighted by Gasteiger charge is -2.22. The Hall–Kier alpha value is -3.08. The summed E-state index contributed by atoms with van der Waals surface area (Å²) >= 11 is 0. The highest BCUT2D eigenvalue weighted by Crippen LogP contribution is 2.37. The summed E-state index contributed by atoms with van der Waals surface area (Å²) in [6, 6.07) is 17.7. The minimum Gasteiger partial charge on any atom is -0.442 e. The summed E-state index contributed by atoms with van der Waals surface area (Å²) in [6.07, 6.45) is 1.79. The van der Waals surface area contributed by atoms with E-state index in [0.29, 0.717) is 12.4 Å². The van der Waals surface area contributed by atoms with Gasteiger partial charge in [0.15, 0.2) is 0 Å². The first-order valence-corrected chi connectivity index (χ1v) is 10.2. The van der Waals surface area contributed by atoms with Crippen LogP contribution in [0, 0.1) is 6.92 Å². The predicted molar refractivity (Wildman–Crippen MR) is 115 cm³/mol. The SMILES string of the molecule is Cc1ccc(NC(=O)N2CCC[C@H]2c2nc(-c3ccccc3)c(C(C)C)o2)cc1. The molecule has 0 radical (unpaired) electrons. The Balaban J connectivity index is 1.60. The molecule has 4 rings (SSSR count). The Morgan fingerprint density at radius 2 is 1.86 bits per heavy atom. The van der Waals surface area contributed by atoms with Crippen LogP contribution in [0.15, 0.2) is 59.0 Å². The average Bonchev–Trinajstić information content (AvgIpc) is 3.37. The van der Waals surface area contributed by atoms with Crippen molar-refractivity contribution in [3.8, 4) is 11.3 Å². The topological polar surface area (TPSA) is 58.4 Å². The van der Waals surface area contributed by atoms with Crippen LogP contribution < -0.4 is 5.32 Å². The van der Waals surface area contributed by atoms with Crippen molar-refractivity contribution < 1.29 is 9.21 Å². The first-order chi connectivity index (χ1) is 14.0. The number of urea groups is 1. The molecule has 5 nitrogen and oxygen atoms in total. The number of carbonyl (C=O) groups is 1. The zero-order valence-electron chi connectivity index (χ0n) is 17.2. The maximum Gasteiger partial charge on any atom is 0.322 e. The van der Waals surface area contributed by atoms with Crippen molar-refractivity contribution in [1.29, 1.82) is 0 Å². The largest absolute Gasteiger partial charge is 0.442 e. The highest BCUT2D eigenvalue weighted by atomic mass is 16.4. The fourth-order valence-electron chi connectivity index (χ4n) is 3.78. The van der Waals surface area contributed by atoms with Crippen LogP contribution in [0.25, 0.3) is 11.3 Å². The molecule has 150 valence electrons. The maximum atomic E-state index is 12.9. The van der Waals surface area contributed by atoms with Crippen LogP contribution in [-0.2, 0) is 0 Å². The van der Waals surface area contributed by atoms with Crippen molar-refractivity contribution in [2.24, 2.45) is 0 Å². The number of aromatic nitrogens is 1. The number of rotatable bonds is 4. The van der Waals surface area contributed by atoms with Crippen molar-refractivity contribution in [3.63, 3.8) is 0 Å². The van der Waals surface area contributed by atoms with Gasteiger partial charge in [-0.15, -0.1) is 0 Å². The molecule has 2 aromatic carbocycles. The molecule has 2 heterocycles. The third-order valence-corrected chi connectivity index (χ3v) is 5.34. The number of nitrogens with zero attached hydrogens (tertiary/aromatic N) is 2. The standard InChI is InChI=1S/C24H27N3O2/c1-16(2)22-21(18-8-5-4-6-9-18)26-23(29-22)20-10-7-15-27(20)24(28)25-19-13-11-17(3)12-14-19/h4-6,8-9,11-14,16,20H,7,10,15H2,1-3H3,(H,25,28)/t20-/m0/s1. The molecular formula is C24H27N3O2. The zero-order chi connectivity index (χ0) is 20.4. The van der Waals surface area contributed by atoms with E-state index in [1.165, 1.54) is 0 Å². The van der Waals surface area contributed by atoms with Gasteiger partial charge >= 0.3 is 6.03 Å². The summed E-state index contributed by atoms with van der Waals surface area (Å²) in [7, 11) is 0. The van der Waals surface area contributed by atoms with Crippen LogP contribution in [0.5, 0.6) is 0 Å². The third kappa shape index (κ3) is 4.04. The van der Waals surface area contributed by atoms with E-state index in [1.807, 2.05) is 66.4 Å². The molecule has 29 heavy (non-hydrogen) atoms. The van der Waals surface area contributed by atoms with Gasteiger partial charge in [-0.25, -0.2) is 9.78 Å². The van der Waals surface area contributed by atoms with Crippen LogP contribution >= 0.6 is 0 Å². The number of benzene rings is 2. The van der Waals surface area contributed by atoms with Gasteiger partial charge in [-0.3, -0.25) is 0 Å². The number of hydrogen-bond acceptors (Lipinski definition) is 3. The van der Waals surface area contributed by atoms with Crippen LogP contribution in [0.4, 0.5) is 10.5 Å². The third-order valence-electron chi connectivity index (χ3n) is 5.34. The maximum absolute atomic E-state index is 12.9. The molecule has 0 aliphatic carbocycles. The van der Waals surface area contributed by atoms with E-state index in [2.05, 4.69) is 19.2 Å². The molecule has 5 heteroatoms. The van der Waals surface area contributed by atoms with Gasteiger partial charge in [0.05, 0.1) is 0 Å². The van der Waals surface area contributed by atoms with Crippen LogP contribution in [-0.4, -0.2) is 22.5 Å². The second-order valence-corrected chi connectivity index (χ2v) is 7.93. The van der Waals surface area contributed by atoms with Crippen LogP contribution in [0.2, 0.25) is 0 Å². The number of oxazole rings is 1. The van der Waals surface area contributed by atoms with Gasteiger partial charge in [0, 0.05) is 23.7 Å². The molecule has 0 saturated carbocycles. The van der Waals surface area contributed by atoms with E-state index in [1.54, 1.807) is 0 Å². The summed E-state index contributed by atoms with van der Waals surface area (Å²) in [6.45, 7) is 6.93. The zero-order valence-corrected chi connectivity index (χ0v) is 17.2. The molecule has 1 fully saturated rings. The van der Waals surface area contributed by atoms with E-state index >= 15 is 0 Å². The van der Waals surface area contributed by atoms with Gasteiger partial charge in [0.1, 0.15) is 17.5 Å². The van der Waals surface area contributed by atoms with E-state index in [-0.39, 0.29) is 18.0 Å². The van der Waals surface area contributed by atoms with Gasteiger partial charge in [-0.1, -0.05) is 61.9 Å². The first-order valence-electron chi connectivity index (χ1n) is 10.2. The average molecular weight is 389 g/mol. The molecule has 3 aromatic rings. The fraction of sp³-hybridized carbons (Fsp3) is 0.333. The van der Waals surface area contributed by atoms with Crippen molar-refractivity contribution in [2.45, 2.75) is 45.6 Å². The van der Waals surface area contributed by atoms with Crippen molar-refractivity contribution in [1.82, 2.24) is 9.88 Å². The highest BCUT2D eigenvalue weighted by molar-refractivity contribution is 5.89.